The summed E-state index contributed by atoms with van der Waals surface area (Å²) in [5.74, 6) is 0. The summed E-state index contributed by atoms with van der Waals surface area (Å²) in [6.45, 7) is 4.92. The van der Waals surface area contributed by atoms with Crippen molar-refractivity contribution in [1.82, 2.24) is 9.05 Å². The number of para-hydroxylation sites is 2. The highest BCUT2D eigenvalue weighted by molar-refractivity contribution is 7.27. The first-order chi connectivity index (χ1) is 22.1. The van der Waals surface area contributed by atoms with Gasteiger partial charge in [-0.25, -0.2) is 0 Å². The first-order valence-corrected chi connectivity index (χ1v) is 16.7. The van der Waals surface area contributed by atoms with E-state index in [4.69, 9.17) is 0 Å². The number of benzene rings is 6. The highest BCUT2D eigenvalue weighted by atomic mass is 32.1. The molecule has 2 nitrogen and oxygen atoms in total. The summed E-state index contributed by atoms with van der Waals surface area (Å²) in [6, 6.07) is 43.7. The molecule has 1 aliphatic carbocycles. The first-order valence-electron chi connectivity index (χ1n) is 15.9. The monoisotopic (exact) mass is 588 g/mol. The second-order valence-electron chi connectivity index (χ2n) is 13.6. The average molecular weight is 589 g/mol. The maximum absolute atomic E-state index is 2.73. The van der Waals surface area contributed by atoms with Crippen LogP contribution in [0.2, 0.25) is 0 Å². The van der Waals surface area contributed by atoms with Gasteiger partial charge in [0.25, 0.3) is 0 Å². The van der Waals surface area contributed by atoms with Crippen molar-refractivity contribution in [3.63, 3.8) is 0 Å². The van der Waals surface area contributed by atoms with Crippen LogP contribution in [0.3, 0.4) is 0 Å². The van der Waals surface area contributed by atoms with E-state index in [-0.39, 0.29) is 12.3 Å². The molecule has 4 heteroatoms. The van der Waals surface area contributed by atoms with E-state index >= 15 is 0 Å². The van der Waals surface area contributed by atoms with Gasteiger partial charge in [0.2, 0.25) is 0 Å². The first kappa shape index (κ1) is 23.3. The third-order valence-corrected chi connectivity index (χ3v) is 12.4. The molecule has 9 aromatic rings. The van der Waals surface area contributed by atoms with Gasteiger partial charge in [0.05, 0.1) is 15.7 Å². The number of fused-ring (bicyclic) bond motifs is 16. The van der Waals surface area contributed by atoms with Crippen LogP contribution in [0.5, 0.6) is 0 Å². The maximum Gasteiger partial charge on any atom is 0.333 e. The molecule has 0 fully saturated rings. The third kappa shape index (κ3) is 2.43. The van der Waals surface area contributed by atoms with Crippen LogP contribution in [0.1, 0.15) is 25.1 Å². The predicted octanol–water partition coefficient (Wildman–Crippen LogP) is 9.36. The van der Waals surface area contributed by atoms with Gasteiger partial charge >= 0.3 is 6.85 Å². The fourth-order valence-corrected chi connectivity index (χ4v) is 10.8. The van der Waals surface area contributed by atoms with Gasteiger partial charge in [-0.15, -0.1) is 11.3 Å². The van der Waals surface area contributed by atoms with Crippen LogP contribution < -0.4 is 10.9 Å². The number of thiophene rings is 1. The lowest BCUT2D eigenvalue weighted by atomic mass is 9.45. The zero-order chi connectivity index (χ0) is 29.3. The van der Waals surface area contributed by atoms with Crippen LogP contribution in [0.15, 0.2) is 115 Å². The Morgan fingerprint density at radius 1 is 0.622 bits per heavy atom. The molecular formula is C41H25BN2S. The molecular weight excluding hydrogens is 563 g/mol. The molecule has 3 aliphatic rings. The molecule has 0 saturated carbocycles. The number of nitrogens with zero attached hydrogens (tertiary/aromatic N) is 2. The standard InChI is InChI=1S/C41H25BN2S/c1-41(2)29-18-7-5-13-24(29)34-27-16-10-19-30-37(27)43(40(34)41)31-21-22-11-3-4-12-23(22)33-26-15-9-17-28-36(26)44(42(30)35(31)33)38-25-14-6-8-20-32(25)45-39(28)38/h3-21H,1-2H3. The molecule has 0 atom stereocenters. The Balaban J connectivity index is 1.37. The van der Waals surface area contributed by atoms with Crippen molar-refractivity contribution in [2.75, 3.05) is 0 Å². The zero-order valence-corrected chi connectivity index (χ0v) is 25.7. The molecule has 0 N–H and O–H groups in total. The predicted molar refractivity (Wildman–Crippen MR) is 193 cm³/mol. The van der Waals surface area contributed by atoms with E-state index in [1.807, 2.05) is 11.3 Å². The van der Waals surface area contributed by atoms with Gasteiger partial charge in [-0.05, 0) is 50.5 Å². The zero-order valence-electron chi connectivity index (χ0n) is 24.8. The Hall–Kier alpha value is -5.06. The summed E-state index contributed by atoms with van der Waals surface area (Å²) < 4.78 is 8.17. The molecule has 5 heterocycles. The Morgan fingerprint density at radius 3 is 2.29 bits per heavy atom. The average Bonchev–Trinajstić information content (AvgIpc) is 3.78. The van der Waals surface area contributed by atoms with Gasteiger partial charge in [0.1, 0.15) is 0 Å². The highest BCUT2D eigenvalue weighted by Gasteiger charge is 2.47. The van der Waals surface area contributed by atoms with E-state index in [0.29, 0.717) is 0 Å². The highest BCUT2D eigenvalue weighted by Crippen LogP contribution is 2.55. The molecule has 0 radical (unpaired) electrons. The summed E-state index contributed by atoms with van der Waals surface area (Å²) >= 11 is 1.94. The van der Waals surface area contributed by atoms with E-state index in [1.54, 1.807) is 0 Å². The molecule has 2 aliphatic heterocycles. The molecule has 0 spiro atoms. The minimum atomic E-state index is -0.127. The van der Waals surface area contributed by atoms with Crippen LogP contribution in [0.25, 0.3) is 80.8 Å². The molecule has 12 rings (SSSR count). The Morgan fingerprint density at radius 2 is 1.36 bits per heavy atom. The van der Waals surface area contributed by atoms with Crippen molar-refractivity contribution in [3.05, 3.63) is 127 Å². The van der Waals surface area contributed by atoms with Crippen molar-refractivity contribution in [2.24, 2.45) is 0 Å². The molecule has 45 heavy (non-hydrogen) atoms. The summed E-state index contributed by atoms with van der Waals surface area (Å²) in [7, 11) is 0. The smallest absolute Gasteiger partial charge is 0.333 e. The van der Waals surface area contributed by atoms with Gasteiger partial charge in [0, 0.05) is 54.3 Å². The lowest BCUT2D eigenvalue weighted by Crippen LogP contribution is -2.55. The summed E-state index contributed by atoms with van der Waals surface area (Å²) in [4.78, 5) is 0. The molecule has 0 amide bonds. The van der Waals surface area contributed by atoms with E-state index < -0.39 is 0 Å². The third-order valence-electron chi connectivity index (χ3n) is 11.2. The number of aromatic nitrogens is 2. The van der Waals surface area contributed by atoms with Crippen molar-refractivity contribution in [3.8, 4) is 27.9 Å². The number of hydrogen-bond acceptors (Lipinski definition) is 1. The van der Waals surface area contributed by atoms with Crippen LogP contribution in [-0.4, -0.2) is 15.9 Å². The largest absolute Gasteiger partial charge is 0.374 e. The van der Waals surface area contributed by atoms with Crippen molar-refractivity contribution in [2.45, 2.75) is 19.3 Å². The van der Waals surface area contributed by atoms with Gasteiger partial charge < -0.3 is 9.05 Å². The molecule has 0 bridgehead atoms. The van der Waals surface area contributed by atoms with E-state index in [9.17, 15) is 0 Å². The second kappa shape index (κ2) is 7.42. The SMILES string of the molecule is CC1(C)c2ccccc2-c2c1n1c3c(cccc23)B2c3c-1cc1ccccc1c3-c1cccc3c4sc5ccccc5c4n2c13. The van der Waals surface area contributed by atoms with Crippen LogP contribution in [0.4, 0.5) is 0 Å². The van der Waals surface area contributed by atoms with E-state index in [2.05, 4.69) is 138 Å². The van der Waals surface area contributed by atoms with Crippen molar-refractivity contribution >= 4 is 82.0 Å². The van der Waals surface area contributed by atoms with Crippen LogP contribution in [0, 0.1) is 0 Å². The molecule has 0 saturated heterocycles. The van der Waals surface area contributed by atoms with Crippen LogP contribution in [-0.2, 0) is 5.41 Å². The topological polar surface area (TPSA) is 9.86 Å². The normalized spacial score (nSPS) is 15.0. The van der Waals surface area contributed by atoms with Crippen LogP contribution >= 0.6 is 11.3 Å². The number of hydrogen-bond donors (Lipinski definition) is 0. The quantitative estimate of drug-likeness (QED) is 0.156. The Kier molecular flexibility index (Phi) is 3.85. The summed E-state index contributed by atoms with van der Waals surface area (Å²) in [5, 5.41) is 6.74. The van der Waals surface area contributed by atoms with Crippen molar-refractivity contribution < 1.29 is 0 Å². The summed E-state index contributed by atoms with van der Waals surface area (Å²) in [6.07, 6.45) is 0. The van der Waals surface area contributed by atoms with Crippen molar-refractivity contribution in [1.29, 1.82) is 0 Å². The lowest BCUT2D eigenvalue weighted by molar-refractivity contribution is 0.624. The van der Waals surface area contributed by atoms with E-state index in [1.165, 1.54) is 103 Å². The molecule has 3 aromatic heterocycles. The molecule has 6 aromatic carbocycles. The molecule has 0 unspecified atom stereocenters. The summed E-state index contributed by atoms with van der Waals surface area (Å²) in [5.41, 5.74) is 16.6. The molecule has 208 valence electrons. The van der Waals surface area contributed by atoms with Gasteiger partial charge in [-0.3, -0.25) is 0 Å². The lowest BCUT2D eigenvalue weighted by Gasteiger charge is -2.36. The van der Waals surface area contributed by atoms with E-state index in [0.717, 1.165) is 0 Å². The Bertz CT molecular complexity index is 2860. The Labute approximate surface area is 263 Å². The number of rotatable bonds is 0. The maximum atomic E-state index is 2.73. The van der Waals surface area contributed by atoms with Gasteiger partial charge in [-0.2, -0.15) is 0 Å². The van der Waals surface area contributed by atoms with Gasteiger partial charge in [0.15, 0.2) is 0 Å². The minimum Gasteiger partial charge on any atom is -0.374 e. The second-order valence-corrected chi connectivity index (χ2v) is 14.7. The fraction of sp³-hybridized carbons (Fsp3) is 0.0732. The van der Waals surface area contributed by atoms with Gasteiger partial charge in [-0.1, -0.05) is 117 Å². The minimum absolute atomic E-state index is 0.0806. The fourth-order valence-electron chi connectivity index (χ4n) is 9.60.